The van der Waals surface area contributed by atoms with Gasteiger partial charge in [-0.1, -0.05) is 0 Å². The van der Waals surface area contributed by atoms with Crippen LogP contribution in [0.2, 0.25) is 0 Å². The Morgan fingerprint density at radius 1 is 1.64 bits per heavy atom. The maximum absolute atomic E-state index is 10.8. The van der Waals surface area contributed by atoms with Gasteiger partial charge >= 0.3 is 0 Å². The minimum absolute atomic E-state index is 0.0314. The fourth-order valence-electron chi connectivity index (χ4n) is 0.621. The van der Waals surface area contributed by atoms with Crippen LogP contribution in [0.5, 0.6) is 0 Å². The van der Waals surface area contributed by atoms with E-state index in [1.54, 1.807) is 7.11 Å². The Kier molecular flexibility index (Phi) is 7.08. The number of hydrogen-bond acceptors (Lipinski definition) is 3. The molecule has 0 atom stereocenters. The molecule has 0 saturated heterocycles. The standard InChI is InChI=1S/C7H15NO3/c1-11-6-4-8-7(10)3-2-5-9/h9H,2-6H2,1H3,(H,8,10). The zero-order valence-corrected chi connectivity index (χ0v) is 6.80. The number of methoxy groups -OCH3 is 1. The zero-order valence-electron chi connectivity index (χ0n) is 6.80. The summed E-state index contributed by atoms with van der Waals surface area (Å²) in [5.41, 5.74) is 0. The smallest absolute Gasteiger partial charge is 0.220 e. The monoisotopic (exact) mass is 161 g/mol. The molecule has 2 N–H and O–H groups in total. The van der Waals surface area contributed by atoms with Crippen molar-refractivity contribution in [3.8, 4) is 0 Å². The third-order valence-corrected chi connectivity index (χ3v) is 1.19. The van der Waals surface area contributed by atoms with E-state index in [1.807, 2.05) is 0 Å². The van der Waals surface area contributed by atoms with Crippen LogP contribution in [0, 0.1) is 0 Å². The predicted octanol–water partition coefficient (Wildman–Crippen LogP) is -0.479. The van der Waals surface area contributed by atoms with Crippen LogP contribution in [0.4, 0.5) is 0 Å². The molecule has 4 heteroatoms. The highest BCUT2D eigenvalue weighted by Crippen LogP contribution is 1.85. The van der Waals surface area contributed by atoms with E-state index in [1.165, 1.54) is 0 Å². The van der Waals surface area contributed by atoms with Crippen molar-refractivity contribution in [2.75, 3.05) is 26.9 Å². The molecule has 11 heavy (non-hydrogen) atoms. The van der Waals surface area contributed by atoms with E-state index in [9.17, 15) is 4.79 Å². The molecule has 4 nitrogen and oxygen atoms in total. The number of hydrogen-bond donors (Lipinski definition) is 2. The fourth-order valence-corrected chi connectivity index (χ4v) is 0.621. The van der Waals surface area contributed by atoms with Gasteiger partial charge in [0.1, 0.15) is 0 Å². The SMILES string of the molecule is COCCNC(=O)CCCO. The van der Waals surface area contributed by atoms with Gasteiger partial charge in [0.05, 0.1) is 6.61 Å². The highest BCUT2D eigenvalue weighted by atomic mass is 16.5. The van der Waals surface area contributed by atoms with Gasteiger partial charge in [-0.25, -0.2) is 0 Å². The van der Waals surface area contributed by atoms with E-state index in [-0.39, 0.29) is 12.5 Å². The second-order valence-electron chi connectivity index (χ2n) is 2.17. The molecule has 0 aromatic rings. The fraction of sp³-hybridized carbons (Fsp3) is 0.857. The number of aliphatic hydroxyl groups is 1. The Hall–Kier alpha value is -0.610. The van der Waals surface area contributed by atoms with Gasteiger partial charge in [0, 0.05) is 26.7 Å². The van der Waals surface area contributed by atoms with E-state index in [2.05, 4.69) is 5.32 Å². The minimum Gasteiger partial charge on any atom is -0.396 e. The van der Waals surface area contributed by atoms with Crippen molar-refractivity contribution >= 4 is 5.91 Å². The van der Waals surface area contributed by atoms with Crippen LogP contribution in [0.15, 0.2) is 0 Å². The largest absolute Gasteiger partial charge is 0.396 e. The van der Waals surface area contributed by atoms with Crippen LogP contribution < -0.4 is 5.32 Å². The molecule has 1 amide bonds. The quantitative estimate of drug-likeness (QED) is 0.517. The topological polar surface area (TPSA) is 58.6 Å². The van der Waals surface area contributed by atoms with Gasteiger partial charge in [0.25, 0.3) is 0 Å². The molecule has 0 aliphatic heterocycles. The van der Waals surface area contributed by atoms with Crippen molar-refractivity contribution in [1.82, 2.24) is 5.32 Å². The summed E-state index contributed by atoms with van der Waals surface area (Å²) in [7, 11) is 1.58. The van der Waals surface area contributed by atoms with Gasteiger partial charge in [0.2, 0.25) is 5.91 Å². The number of carbonyl (C=O) groups excluding carboxylic acids is 1. The molecule has 0 fully saturated rings. The summed E-state index contributed by atoms with van der Waals surface area (Å²) in [5.74, 6) is -0.0314. The average molecular weight is 161 g/mol. The molecule has 0 aliphatic carbocycles. The Bertz CT molecular complexity index is 106. The van der Waals surface area contributed by atoms with Gasteiger partial charge in [-0.15, -0.1) is 0 Å². The molecule has 0 heterocycles. The number of amides is 1. The summed E-state index contributed by atoms with van der Waals surface area (Å²) < 4.78 is 4.73. The third-order valence-electron chi connectivity index (χ3n) is 1.19. The van der Waals surface area contributed by atoms with Crippen LogP contribution in [0.3, 0.4) is 0 Å². The maximum Gasteiger partial charge on any atom is 0.220 e. The molecular formula is C7H15NO3. The van der Waals surface area contributed by atoms with E-state index >= 15 is 0 Å². The number of carbonyl (C=O) groups is 1. The van der Waals surface area contributed by atoms with Gasteiger partial charge in [-0.2, -0.15) is 0 Å². The van der Waals surface area contributed by atoms with Crippen molar-refractivity contribution in [1.29, 1.82) is 0 Å². The molecule has 0 radical (unpaired) electrons. The molecule has 0 aliphatic rings. The lowest BCUT2D eigenvalue weighted by Crippen LogP contribution is -2.26. The molecule has 0 rings (SSSR count). The lowest BCUT2D eigenvalue weighted by atomic mass is 10.3. The average Bonchev–Trinajstić information content (AvgIpc) is 2.01. The number of aliphatic hydroxyl groups excluding tert-OH is 1. The molecule has 0 bridgehead atoms. The summed E-state index contributed by atoms with van der Waals surface area (Å²) in [4.78, 5) is 10.8. The van der Waals surface area contributed by atoms with Gasteiger partial charge in [-0.3, -0.25) is 4.79 Å². The second-order valence-corrected chi connectivity index (χ2v) is 2.17. The lowest BCUT2D eigenvalue weighted by molar-refractivity contribution is -0.121. The number of ether oxygens (including phenoxy) is 1. The summed E-state index contributed by atoms with van der Waals surface area (Å²) in [6.07, 6.45) is 0.916. The van der Waals surface area contributed by atoms with E-state index in [0.717, 1.165) is 0 Å². The molecule has 0 spiro atoms. The first kappa shape index (κ1) is 10.4. The highest BCUT2D eigenvalue weighted by Gasteiger charge is 1.97. The van der Waals surface area contributed by atoms with Crippen molar-refractivity contribution in [2.45, 2.75) is 12.8 Å². The number of nitrogens with one attached hydrogen (secondary N) is 1. The first-order valence-electron chi connectivity index (χ1n) is 3.67. The van der Waals surface area contributed by atoms with Crippen molar-refractivity contribution in [2.24, 2.45) is 0 Å². The van der Waals surface area contributed by atoms with Gasteiger partial charge in [-0.05, 0) is 6.42 Å². The van der Waals surface area contributed by atoms with Gasteiger partial charge < -0.3 is 15.2 Å². The molecule has 66 valence electrons. The Morgan fingerprint density at radius 2 is 2.36 bits per heavy atom. The van der Waals surface area contributed by atoms with Crippen LogP contribution >= 0.6 is 0 Å². The minimum atomic E-state index is -0.0314. The van der Waals surface area contributed by atoms with Gasteiger partial charge in [0.15, 0.2) is 0 Å². The van der Waals surface area contributed by atoms with Crippen LogP contribution in [-0.2, 0) is 9.53 Å². The first-order valence-corrected chi connectivity index (χ1v) is 3.67. The first-order chi connectivity index (χ1) is 5.31. The van der Waals surface area contributed by atoms with Crippen LogP contribution in [0.25, 0.3) is 0 Å². The summed E-state index contributed by atoms with van der Waals surface area (Å²) in [6.45, 7) is 1.14. The van der Waals surface area contributed by atoms with Crippen molar-refractivity contribution < 1.29 is 14.6 Å². The highest BCUT2D eigenvalue weighted by molar-refractivity contribution is 5.75. The Labute approximate surface area is 66.5 Å². The second kappa shape index (κ2) is 7.50. The summed E-state index contributed by atoms with van der Waals surface area (Å²) in [5, 5.41) is 11.0. The summed E-state index contributed by atoms with van der Waals surface area (Å²) in [6, 6.07) is 0. The molecule has 0 saturated carbocycles. The third kappa shape index (κ3) is 7.29. The Balaban J connectivity index is 3.09. The van der Waals surface area contributed by atoms with E-state index < -0.39 is 0 Å². The molecular weight excluding hydrogens is 146 g/mol. The van der Waals surface area contributed by atoms with E-state index in [4.69, 9.17) is 9.84 Å². The van der Waals surface area contributed by atoms with Crippen molar-refractivity contribution in [3.05, 3.63) is 0 Å². The molecule has 0 aromatic heterocycles. The maximum atomic E-state index is 10.8. The zero-order chi connectivity index (χ0) is 8.53. The lowest BCUT2D eigenvalue weighted by Gasteiger charge is -2.02. The Morgan fingerprint density at radius 3 is 2.91 bits per heavy atom. The number of rotatable bonds is 6. The van der Waals surface area contributed by atoms with Crippen LogP contribution in [-0.4, -0.2) is 37.9 Å². The molecule has 0 aromatic carbocycles. The summed E-state index contributed by atoms with van der Waals surface area (Å²) >= 11 is 0. The van der Waals surface area contributed by atoms with Crippen LogP contribution in [0.1, 0.15) is 12.8 Å². The van der Waals surface area contributed by atoms with Crippen molar-refractivity contribution in [3.63, 3.8) is 0 Å². The van der Waals surface area contributed by atoms with E-state index in [0.29, 0.717) is 26.0 Å². The molecule has 0 unspecified atom stereocenters. The normalized spacial score (nSPS) is 9.64. The predicted molar refractivity (Wildman–Crippen MR) is 41.2 cm³/mol.